The lowest BCUT2D eigenvalue weighted by atomic mass is 9.60. The van der Waals surface area contributed by atoms with Gasteiger partial charge >= 0.3 is 5.97 Å². The van der Waals surface area contributed by atoms with Crippen molar-refractivity contribution in [3.05, 3.63) is 83.5 Å². The molecule has 0 aromatic heterocycles. The second-order valence-corrected chi connectivity index (χ2v) is 12.7. The zero-order valence-corrected chi connectivity index (χ0v) is 23.2. The largest absolute Gasteiger partial charge is 0.458 e. The van der Waals surface area contributed by atoms with Gasteiger partial charge in [-0.1, -0.05) is 82.0 Å². The molecule has 0 radical (unpaired) electrons. The van der Waals surface area contributed by atoms with Crippen molar-refractivity contribution in [1.29, 1.82) is 0 Å². The van der Waals surface area contributed by atoms with E-state index in [-0.39, 0.29) is 29.3 Å². The third kappa shape index (κ3) is 4.75. The number of rotatable bonds is 5. The normalized spacial score (nSPS) is 40.4. The quantitative estimate of drug-likeness (QED) is 0.339. The average molecular weight is 517 g/mol. The lowest BCUT2D eigenvalue weighted by Crippen LogP contribution is -2.37. The molecule has 4 aliphatic rings. The number of aliphatic hydroxyl groups is 2. The molecule has 0 bridgehead atoms. The van der Waals surface area contributed by atoms with E-state index in [0.29, 0.717) is 29.7 Å². The Balaban J connectivity index is 1.32. The fourth-order valence-corrected chi connectivity index (χ4v) is 8.28. The van der Waals surface area contributed by atoms with Crippen LogP contribution in [-0.2, 0) is 9.53 Å². The molecule has 2 N–H and O–H groups in total. The van der Waals surface area contributed by atoms with Crippen molar-refractivity contribution in [1.82, 2.24) is 0 Å². The molecule has 0 spiro atoms. The maximum absolute atomic E-state index is 12.5. The standard InChI is InChI=1S/C34H44O4/c1-20(18-30-31(23(4)33(37)38-30)25-10-7-6-8-11-25)27-15-16-28-24(12-9-17-34(27,28)5)13-14-26-19-29(35)22(3)32(36)21(26)2/h6-8,10-11,13-14,20,22,27-32,35-36H,2,4,9,12,15-19H2,1,3,5H3/t20-,22+,27-,28+,29-,30+,31+,32-,34-/m1/s1. The van der Waals surface area contributed by atoms with Crippen LogP contribution in [0.25, 0.3) is 0 Å². The Morgan fingerprint density at radius 3 is 2.61 bits per heavy atom. The van der Waals surface area contributed by atoms with Crippen LogP contribution in [0, 0.1) is 29.1 Å². The maximum atomic E-state index is 12.5. The Bertz CT molecular complexity index is 1150. The Labute approximate surface area is 228 Å². The molecular formula is C34H44O4. The Morgan fingerprint density at radius 1 is 1.13 bits per heavy atom. The number of fused-ring (bicyclic) bond motifs is 1. The van der Waals surface area contributed by atoms with Gasteiger partial charge in [-0.05, 0) is 84.8 Å². The van der Waals surface area contributed by atoms with Gasteiger partial charge in [0.1, 0.15) is 6.10 Å². The van der Waals surface area contributed by atoms with Crippen LogP contribution in [0.5, 0.6) is 0 Å². The van der Waals surface area contributed by atoms with Crippen LogP contribution in [0.15, 0.2) is 77.9 Å². The van der Waals surface area contributed by atoms with Gasteiger partial charge in [-0.2, -0.15) is 0 Å². The minimum absolute atomic E-state index is 0.0680. The minimum Gasteiger partial charge on any atom is -0.458 e. The smallest absolute Gasteiger partial charge is 0.334 e. The molecule has 0 unspecified atom stereocenters. The number of esters is 1. The highest BCUT2D eigenvalue weighted by Crippen LogP contribution is 2.60. The summed E-state index contributed by atoms with van der Waals surface area (Å²) in [5, 5.41) is 20.9. The number of hydrogen-bond acceptors (Lipinski definition) is 4. The molecule has 1 saturated heterocycles. The molecule has 3 saturated carbocycles. The number of carbonyl (C=O) groups excluding carboxylic acids is 1. The zero-order valence-electron chi connectivity index (χ0n) is 23.2. The van der Waals surface area contributed by atoms with E-state index in [9.17, 15) is 15.0 Å². The van der Waals surface area contributed by atoms with E-state index in [4.69, 9.17) is 4.74 Å². The van der Waals surface area contributed by atoms with Crippen molar-refractivity contribution in [2.24, 2.45) is 29.1 Å². The lowest BCUT2D eigenvalue weighted by molar-refractivity contribution is -0.139. The van der Waals surface area contributed by atoms with Gasteiger partial charge in [-0.15, -0.1) is 0 Å². The first-order valence-corrected chi connectivity index (χ1v) is 14.5. The van der Waals surface area contributed by atoms with Gasteiger partial charge in [0.15, 0.2) is 0 Å². The summed E-state index contributed by atoms with van der Waals surface area (Å²) in [5.74, 6) is 1.04. The summed E-state index contributed by atoms with van der Waals surface area (Å²) >= 11 is 0. The Hall–Kier alpha value is -2.43. The molecular weight excluding hydrogens is 472 g/mol. The minimum atomic E-state index is -0.683. The highest BCUT2D eigenvalue weighted by molar-refractivity contribution is 5.92. The van der Waals surface area contributed by atoms with E-state index in [1.807, 2.05) is 25.1 Å². The SMILES string of the molecule is C=C1C(=CC=C2CCC[C@]3(C)[C@@H]([C@H](C)C[C@@H]4OC(=O)C(=C)[C@H]4c4ccccc4)CC[C@@H]23)C[C@@H](O)[C@H](C)[C@@H]1O. The molecule has 0 amide bonds. The molecule has 1 heterocycles. The monoisotopic (exact) mass is 516 g/mol. The van der Waals surface area contributed by atoms with Gasteiger partial charge in [-0.3, -0.25) is 0 Å². The second kappa shape index (κ2) is 10.6. The van der Waals surface area contributed by atoms with Crippen LogP contribution >= 0.6 is 0 Å². The summed E-state index contributed by atoms with van der Waals surface area (Å²) in [4.78, 5) is 12.5. The van der Waals surface area contributed by atoms with Crippen LogP contribution in [0.3, 0.4) is 0 Å². The number of allylic oxidation sites excluding steroid dienone is 3. The fraction of sp³-hybridized carbons (Fsp3) is 0.559. The molecule has 9 atom stereocenters. The molecule has 5 rings (SSSR count). The van der Waals surface area contributed by atoms with Crippen molar-refractivity contribution in [3.8, 4) is 0 Å². The summed E-state index contributed by atoms with van der Waals surface area (Å²) in [6.07, 6.45) is 10.3. The van der Waals surface area contributed by atoms with Gasteiger partial charge in [0.25, 0.3) is 0 Å². The van der Waals surface area contributed by atoms with Crippen LogP contribution < -0.4 is 0 Å². The van der Waals surface area contributed by atoms with Crippen molar-refractivity contribution in [2.45, 2.75) is 89.9 Å². The number of carbonyl (C=O) groups is 1. The summed E-state index contributed by atoms with van der Waals surface area (Å²) in [5.41, 5.74) is 5.13. The van der Waals surface area contributed by atoms with E-state index in [1.54, 1.807) is 0 Å². The summed E-state index contributed by atoms with van der Waals surface area (Å²) in [6, 6.07) is 10.2. The average Bonchev–Trinajstić information content (AvgIpc) is 3.40. The molecule has 38 heavy (non-hydrogen) atoms. The number of ether oxygens (including phenoxy) is 1. The highest BCUT2D eigenvalue weighted by Gasteiger charge is 2.52. The first kappa shape index (κ1) is 27.1. The molecule has 1 aromatic carbocycles. The summed E-state index contributed by atoms with van der Waals surface area (Å²) < 4.78 is 5.89. The highest BCUT2D eigenvalue weighted by atomic mass is 16.6. The maximum Gasteiger partial charge on any atom is 0.334 e. The summed E-state index contributed by atoms with van der Waals surface area (Å²) in [6.45, 7) is 14.9. The molecule has 204 valence electrons. The molecule has 4 fully saturated rings. The van der Waals surface area contributed by atoms with Crippen LogP contribution in [-0.4, -0.2) is 34.5 Å². The fourth-order valence-electron chi connectivity index (χ4n) is 8.28. The van der Waals surface area contributed by atoms with E-state index < -0.39 is 12.2 Å². The molecule has 4 nitrogen and oxygen atoms in total. The Morgan fingerprint density at radius 2 is 1.87 bits per heavy atom. The zero-order chi connectivity index (χ0) is 27.2. The molecule has 1 aromatic rings. The van der Waals surface area contributed by atoms with Gasteiger partial charge < -0.3 is 14.9 Å². The van der Waals surface area contributed by atoms with Gasteiger partial charge in [0.05, 0.1) is 18.1 Å². The summed E-state index contributed by atoms with van der Waals surface area (Å²) in [7, 11) is 0. The van der Waals surface area contributed by atoms with Crippen molar-refractivity contribution in [3.63, 3.8) is 0 Å². The van der Waals surface area contributed by atoms with Crippen molar-refractivity contribution in [2.75, 3.05) is 0 Å². The van der Waals surface area contributed by atoms with Crippen LogP contribution in [0.4, 0.5) is 0 Å². The van der Waals surface area contributed by atoms with E-state index in [0.717, 1.165) is 29.6 Å². The number of cyclic esters (lactones) is 1. The van der Waals surface area contributed by atoms with Crippen molar-refractivity contribution < 1.29 is 19.7 Å². The first-order chi connectivity index (χ1) is 18.1. The Kier molecular flexibility index (Phi) is 7.59. The predicted molar refractivity (Wildman–Crippen MR) is 151 cm³/mol. The molecule has 3 aliphatic carbocycles. The van der Waals surface area contributed by atoms with E-state index in [2.05, 4.69) is 51.3 Å². The lowest BCUT2D eigenvalue weighted by Gasteiger charge is -2.45. The van der Waals surface area contributed by atoms with Crippen LogP contribution in [0.1, 0.15) is 77.2 Å². The topological polar surface area (TPSA) is 66.8 Å². The van der Waals surface area contributed by atoms with Gasteiger partial charge in [0.2, 0.25) is 0 Å². The third-order valence-electron chi connectivity index (χ3n) is 10.6. The van der Waals surface area contributed by atoms with E-state index >= 15 is 0 Å². The van der Waals surface area contributed by atoms with Gasteiger partial charge in [-0.25, -0.2) is 4.79 Å². The number of hydrogen-bond donors (Lipinski definition) is 2. The second-order valence-electron chi connectivity index (χ2n) is 12.7. The van der Waals surface area contributed by atoms with Crippen molar-refractivity contribution >= 4 is 5.97 Å². The first-order valence-electron chi connectivity index (χ1n) is 14.5. The van der Waals surface area contributed by atoms with E-state index in [1.165, 1.54) is 31.3 Å². The number of aliphatic hydroxyl groups excluding tert-OH is 2. The third-order valence-corrected chi connectivity index (χ3v) is 10.6. The molecule has 4 heteroatoms. The number of benzene rings is 1. The predicted octanol–water partition coefficient (Wildman–Crippen LogP) is 6.67. The van der Waals surface area contributed by atoms with Crippen LogP contribution in [0.2, 0.25) is 0 Å². The van der Waals surface area contributed by atoms with Gasteiger partial charge in [0, 0.05) is 11.5 Å². The molecule has 1 aliphatic heterocycles.